The lowest BCUT2D eigenvalue weighted by Crippen LogP contribution is -2.61. The second-order valence-electron chi connectivity index (χ2n) is 9.86. The van der Waals surface area contributed by atoms with E-state index >= 15 is 0 Å². The zero-order valence-corrected chi connectivity index (χ0v) is 18.1. The molecular weight excluding hydrogens is 356 g/mol. The van der Waals surface area contributed by atoms with Crippen molar-refractivity contribution in [3.05, 3.63) is 65.7 Å². The normalized spacial score (nSPS) is 21.9. The second kappa shape index (κ2) is 5.63. The average Bonchev–Trinajstić information content (AvgIpc) is 2.85. The first-order valence-corrected chi connectivity index (χ1v) is 10.3. The molecule has 0 saturated carbocycles. The number of likely N-dealkylation sites (N-methyl/N-ethyl adjacent to an activating group) is 1. The van der Waals surface area contributed by atoms with Gasteiger partial charge in [0.15, 0.2) is 0 Å². The highest BCUT2D eigenvalue weighted by Crippen LogP contribution is 2.54. The summed E-state index contributed by atoms with van der Waals surface area (Å²) in [6.07, 6.45) is 2.01. The molecule has 1 spiro atoms. The number of aliphatic imine (C=N–C) groups is 1. The Morgan fingerprint density at radius 1 is 0.966 bits per heavy atom. The number of fused-ring (bicyclic) bond motifs is 4. The summed E-state index contributed by atoms with van der Waals surface area (Å²) >= 11 is 0. The van der Waals surface area contributed by atoms with Gasteiger partial charge in [0.2, 0.25) is 5.72 Å². The predicted octanol–water partition coefficient (Wildman–Crippen LogP) is 6.36. The molecule has 0 amide bonds. The van der Waals surface area contributed by atoms with Crippen LogP contribution < -0.4 is 9.64 Å². The minimum atomic E-state index is -0.636. The lowest BCUT2D eigenvalue weighted by Gasteiger charge is -2.45. The SMILES string of the molecule is CN1c2ccccc2C(C)(C)[C@@]12C=Nc1c(ccc3cc(C(C)(C)C)ccc13)O2. The summed E-state index contributed by atoms with van der Waals surface area (Å²) in [6, 6.07) is 19.4. The molecule has 0 N–H and O–H groups in total. The van der Waals surface area contributed by atoms with E-state index in [9.17, 15) is 0 Å². The van der Waals surface area contributed by atoms with Gasteiger partial charge < -0.3 is 9.64 Å². The quantitative estimate of drug-likeness (QED) is 0.451. The molecular formula is C26H28N2O. The zero-order valence-electron chi connectivity index (χ0n) is 18.1. The lowest BCUT2D eigenvalue weighted by atomic mass is 9.77. The van der Waals surface area contributed by atoms with Crippen molar-refractivity contribution in [2.45, 2.75) is 51.2 Å². The van der Waals surface area contributed by atoms with E-state index in [1.807, 2.05) is 6.21 Å². The van der Waals surface area contributed by atoms with Gasteiger partial charge in [-0.2, -0.15) is 0 Å². The minimum Gasteiger partial charge on any atom is -0.459 e. The van der Waals surface area contributed by atoms with Crippen molar-refractivity contribution in [3.8, 4) is 5.75 Å². The topological polar surface area (TPSA) is 24.8 Å². The van der Waals surface area contributed by atoms with E-state index < -0.39 is 5.72 Å². The van der Waals surface area contributed by atoms with Crippen molar-refractivity contribution in [3.63, 3.8) is 0 Å². The fraction of sp³-hybridized carbons (Fsp3) is 0.346. The molecule has 3 heteroatoms. The van der Waals surface area contributed by atoms with Gasteiger partial charge in [-0.1, -0.05) is 63.2 Å². The molecule has 3 aromatic rings. The summed E-state index contributed by atoms with van der Waals surface area (Å²) in [5.74, 6) is 0.844. The minimum absolute atomic E-state index is 0.121. The summed E-state index contributed by atoms with van der Waals surface area (Å²) in [5.41, 5.74) is 3.99. The van der Waals surface area contributed by atoms with Crippen LogP contribution in [0.3, 0.4) is 0 Å². The highest BCUT2D eigenvalue weighted by Gasteiger charge is 2.58. The standard InChI is InChI=1S/C26H28N2O/c1-24(2,3)18-12-13-19-17(15-18)11-14-22-23(19)27-16-26(29-22)25(4,5)20-9-7-8-10-21(20)28(26)6/h7-16H,1-6H3/t26-/m0/s1. The molecule has 0 bridgehead atoms. The molecule has 2 aliphatic heterocycles. The van der Waals surface area contributed by atoms with Crippen molar-refractivity contribution >= 4 is 28.4 Å². The average molecular weight is 385 g/mol. The van der Waals surface area contributed by atoms with E-state index in [1.54, 1.807) is 0 Å². The second-order valence-corrected chi connectivity index (χ2v) is 9.86. The molecule has 0 radical (unpaired) electrons. The number of hydrogen-bond acceptors (Lipinski definition) is 3. The highest BCUT2D eigenvalue weighted by atomic mass is 16.5. The van der Waals surface area contributed by atoms with Gasteiger partial charge in [-0.15, -0.1) is 0 Å². The molecule has 0 aliphatic carbocycles. The predicted molar refractivity (Wildman–Crippen MR) is 122 cm³/mol. The van der Waals surface area contributed by atoms with Gasteiger partial charge in [0.1, 0.15) is 11.4 Å². The number of rotatable bonds is 0. The first-order chi connectivity index (χ1) is 13.6. The molecule has 3 nitrogen and oxygen atoms in total. The Labute approximate surface area is 173 Å². The number of anilines is 1. The molecule has 0 saturated heterocycles. The number of benzene rings is 3. The van der Waals surface area contributed by atoms with E-state index in [0.29, 0.717) is 0 Å². The van der Waals surface area contributed by atoms with Gasteiger partial charge in [-0.3, -0.25) is 4.99 Å². The fourth-order valence-electron chi connectivity index (χ4n) is 4.85. The van der Waals surface area contributed by atoms with Crippen LogP contribution in [0.2, 0.25) is 0 Å². The van der Waals surface area contributed by atoms with Crippen LogP contribution in [-0.2, 0) is 10.8 Å². The molecule has 29 heavy (non-hydrogen) atoms. The third-order valence-electron chi connectivity index (χ3n) is 6.79. The van der Waals surface area contributed by atoms with Gasteiger partial charge in [-0.05, 0) is 47.9 Å². The summed E-state index contributed by atoms with van der Waals surface area (Å²) < 4.78 is 6.77. The maximum Gasteiger partial charge on any atom is 0.228 e. The molecule has 0 unspecified atom stereocenters. The monoisotopic (exact) mass is 384 g/mol. The Bertz CT molecular complexity index is 1170. The Kier molecular flexibility index (Phi) is 3.54. The fourth-order valence-corrected chi connectivity index (χ4v) is 4.85. The van der Waals surface area contributed by atoms with Crippen molar-refractivity contribution in [2.24, 2.45) is 4.99 Å². The largest absolute Gasteiger partial charge is 0.459 e. The summed E-state index contributed by atoms with van der Waals surface area (Å²) in [5, 5.41) is 2.34. The summed E-state index contributed by atoms with van der Waals surface area (Å²) in [7, 11) is 2.10. The first kappa shape index (κ1) is 18.2. The highest BCUT2D eigenvalue weighted by molar-refractivity contribution is 6.00. The molecule has 0 aromatic heterocycles. The van der Waals surface area contributed by atoms with E-state index in [0.717, 1.165) is 16.8 Å². The van der Waals surface area contributed by atoms with E-state index in [4.69, 9.17) is 9.73 Å². The Balaban J connectivity index is 1.65. The maximum atomic E-state index is 6.77. The summed E-state index contributed by atoms with van der Waals surface area (Å²) in [6.45, 7) is 11.2. The number of ether oxygens (including phenoxy) is 1. The lowest BCUT2D eigenvalue weighted by molar-refractivity contribution is 0.0826. The van der Waals surface area contributed by atoms with Gasteiger partial charge in [0.25, 0.3) is 0 Å². The van der Waals surface area contributed by atoms with Crippen LogP contribution in [0, 0.1) is 0 Å². The molecule has 2 aliphatic rings. The van der Waals surface area contributed by atoms with Crippen LogP contribution in [0.25, 0.3) is 10.8 Å². The van der Waals surface area contributed by atoms with Crippen molar-refractivity contribution < 1.29 is 4.74 Å². The van der Waals surface area contributed by atoms with Crippen LogP contribution in [0.4, 0.5) is 11.4 Å². The van der Waals surface area contributed by atoms with Crippen molar-refractivity contribution in [1.82, 2.24) is 0 Å². The van der Waals surface area contributed by atoms with Crippen LogP contribution in [0.5, 0.6) is 5.75 Å². The van der Waals surface area contributed by atoms with Gasteiger partial charge in [0.05, 0.1) is 11.6 Å². The molecule has 3 aromatic carbocycles. The Morgan fingerprint density at radius 3 is 2.45 bits per heavy atom. The smallest absolute Gasteiger partial charge is 0.228 e. The van der Waals surface area contributed by atoms with E-state index in [2.05, 4.69) is 101 Å². The number of nitrogens with zero attached hydrogens (tertiary/aromatic N) is 2. The van der Waals surface area contributed by atoms with Crippen LogP contribution >= 0.6 is 0 Å². The Morgan fingerprint density at radius 2 is 1.72 bits per heavy atom. The molecule has 148 valence electrons. The molecule has 5 rings (SSSR count). The van der Waals surface area contributed by atoms with E-state index in [1.165, 1.54) is 22.2 Å². The van der Waals surface area contributed by atoms with Crippen LogP contribution in [-0.4, -0.2) is 19.0 Å². The molecule has 0 fully saturated rings. The van der Waals surface area contributed by atoms with Gasteiger partial charge in [0, 0.05) is 18.1 Å². The summed E-state index contributed by atoms with van der Waals surface area (Å²) in [4.78, 5) is 7.21. The van der Waals surface area contributed by atoms with Crippen molar-refractivity contribution in [1.29, 1.82) is 0 Å². The number of hydrogen-bond donors (Lipinski definition) is 0. The maximum absolute atomic E-state index is 6.77. The third-order valence-corrected chi connectivity index (χ3v) is 6.79. The third kappa shape index (κ3) is 2.33. The molecule has 2 heterocycles. The Hall–Kier alpha value is -2.81. The van der Waals surface area contributed by atoms with Crippen LogP contribution in [0.15, 0.2) is 59.6 Å². The van der Waals surface area contributed by atoms with Gasteiger partial charge in [-0.25, -0.2) is 0 Å². The van der Waals surface area contributed by atoms with Gasteiger partial charge >= 0.3 is 0 Å². The van der Waals surface area contributed by atoms with Crippen LogP contribution in [0.1, 0.15) is 45.7 Å². The zero-order chi connectivity index (χ0) is 20.6. The first-order valence-electron chi connectivity index (χ1n) is 10.3. The molecule has 1 atom stereocenters. The van der Waals surface area contributed by atoms with E-state index in [-0.39, 0.29) is 10.8 Å². The van der Waals surface area contributed by atoms with Crippen molar-refractivity contribution in [2.75, 3.05) is 11.9 Å². The number of para-hydroxylation sites is 1.